The van der Waals surface area contributed by atoms with E-state index in [0.717, 1.165) is 4.90 Å². The summed E-state index contributed by atoms with van der Waals surface area (Å²) in [6, 6.07) is 26.7. The van der Waals surface area contributed by atoms with Crippen molar-refractivity contribution in [1.29, 1.82) is 0 Å². The smallest absolute Gasteiger partial charge is 0.337 e. The SMILES string of the molecule is COc1ccccc1/C=C(\NC(=O)c1ccccc1)C(=O)Nc1ccc(SCC(=O)Nc2ccc(Cl)c(C(=O)O)c2)cc1. The Morgan fingerprint density at radius 3 is 2.23 bits per heavy atom. The molecule has 0 aliphatic heterocycles. The van der Waals surface area contributed by atoms with Gasteiger partial charge in [0.05, 0.1) is 23.4 Å². The summed E-state index contributed by atoms with van der Waals surface area (Å²) in [7, 11) is 1.52. The lowest BCUT2D eigenvalue weighted by Crippen LogP contribution is -2.30. The van der Waals surface area contributed by atoms with Crippen molar-refractivity contribution >= 4 is 64.5 Å². The number of para-hydroxylation sites is 1. The van der Waals surface area contributed by atoms with Crippen molar-refractivity contribution in [3.8, 4) is 5.75 Å². The standard InChI is InChI=1S/C32H26ClN3O6S/c1-42-28-10-6-5-9-21(28)17-27(36-30(38)20-7-3-2-4-8-20)31(39)35-22-11-14-24(15-12-22)43-19-29(37)34-23-13-16-26(33)25(18-23)32(40)41/h2-18H,19H2,1H3,(H,34,37)(H,35,39)(H,36,38)(H,40,41)/b27-17-. The Labute approximate surface area is 256 Å². The van der Waals surface area contributed by atoms with Crippen LogP contribution in [0.3, 0.4) is 0 Å². The molecule has 0 aliphatic carbocycles. The van der Waals surface area contributed by atoms with Gasteiger partial charge in [-0.15, -0.1) is 11.8 Å². The molecule has 0 aromatic heterocycles. The van der Waals surface area contributed by atoms with Crippen LogP contribution in [0.15, 0.2) is 108 Å². The Bertz CT molecular complexity index is 1680. The highest BCUT2D eigenvalue weighted by Gasteiger charge is 2.16. The van der Waals surface area contributed by atoms with Crippen LogP contribution in [0.25, 0.3) is 6.08 Å². The van der Waals surface area contributed by atoms with Gasteiger partial charge in [-0.25, -0.2) is 4.79 Å². The fourth-order valence-electron chi connectivity index (χ4n) is 3.83. The second kappa shape index (κ2) is 14.7. The van der Waals surface area contributed by atoms with Gasteiger partial charge in [-0.2, -0.15) is 0 Å². The van der Waals surface area contributed by atoms with Crippen molar-refractivity contribution < 1.29 is 29.0 Å². The first-order valence-electron chi connectivity index (χ1n) is 12.8. The number of carboxylic acid groups (broad SMARTS) is 1. The molecule has 4 aromatic carbocycles. The van der Waals surface area contributed by atoms with Crippen LogP contribution in [0.2, 0.25) is 5.02 Å². The van der Waals surface area contributed by atoms with E-state index in [1.54, 1.807) is 78.9 Å². The van der Waals surface area contributed by atoms with Crippen LogP contribution in [0.5, 0.6) is 5.75 Å². The molecule has 0 aliphatic rings. The zero-order valence-electron chi connectivity index (χ0n) is 22.8. The molecule has 4 rings (SSSR count). The third-order valence-corrected chi connectivity index (χ3v) is 7.27. The Kier molecular flexibility index (Phi) is 10.6. The maximum Gasteiger partial charge on any atom is 0.337 e. The number of nitrogens with one attached hydrogen (secondary N) is 3. The minimum absolute atomic E-state index is 0.0155. The van der Waals surface area contributed by atoms with Crippen LogP contribution in [0.4, 0.5) is 11.4 Å². The van der Waals surface area contributed by atoms with Crippen LogP contribution in [-0.4, -0.2) is 41.7 Å². The first-order valence-corrected chi connectivity index (χ1v) is 14.2. The third-order valence-electron chi connectivity index (χ3n) is 5.93. The lowest BCUT2D eigenvalue weighted by Gasteiger charge is -2.13. The second-order valence-corrected chi connectivity index (χ2v) is 10.4. The van der Waals surface area contributed by atoms with E-state index in [9.17, 15) is 24.3 Å². The Hall–Kier alpha value is -5.06. The molecule has 0 unspecified atom stereocenters. The quantitative estimate of drug-likeness (QED) is 0.117. The number of rotatable bonds is 11. The summed E-state index contributed by atoms with van der Waals surface area (Å²) in [5.41, 5.74) is 1.70. The number of carboxylic acids is 1. The van der Waals surface area contributed by atoms with Crippen LogP contribution in [0.1, 0.15) is 26.3 Å². The molecule has 43 heavy (non-hydrogen) atoms. The molecule has 0 saturated heterocycles. The van der Waals surface area contributed by atoms with Gasteiger partial charge in [0.15, 0.2) is 0 Å². The maximum absolute atomic E-state index is 13.3. The zero-order valence-corrected chi connectivity index (χ0v) is 24.4. The van der Waals surface area contributed by atoms with Gasteiger partial charge in [0, 0.05) is 27.4 Å². The molecular weight excluding hydrogens is 590 g/mol. The number of thioether (sulfide) groups is 1. The fourth-order valence-corrected chi connectivity index (χ4v) is 4.73. The number of ether oxygens (including phenoxy) is 1. The first-order chi connectivity index (χ1) is 20.7. The molecule has 0 saturated carbocycles. The molecule has 4 aromatic rings. The number of aromatic carboxylic acids is 1. The van der Waals surface area contributed by atoms with Crippen molar-refractivity contribution in [3.05, 3.63) is 124 Å². The Morgan fingerprint density at radius 1 is 0.860 bits per heavy atom. The number of carbonyl (C=O) groups excluding carboxylic acids is 3. The predicted octanol–water partition coefficient (Wildman–Crippen LogP) is 6.19. The van der Waals surface area contributed by atoms with Crippen molar-refractivity contribution in [2.75, 3.05) is 23.5 Å². The van der Waals surface area contributed by atoms with Crippen molar-refractivity contribution in [2.24, 2.45) is 0 Å². The lowest BCUT2D eigenvalue weighted by molar-refractivity contribution is -0.114. The van der Waals surface area contributed by atoms with Crippen LogP contribution < -0.4 is 20.7 Å². The van der Waals surface area contributed by atoms with Crippen LogP contribution in [0, 0.1) is 0 Å². The van der Waals surface area contributed by atoms with Gasteiger partial charge < -0.3 is 25.8 Å². The predicted molar refractivity (Wildman–Crippen MR) is 168 cm³/mol. The molecule has 3 amide bonds. The van der Waals surface area contributed by atoms with E-state index >= 15 is 0 Å². The Balaban J connectivity index is 1.41. The van der Waals surface area contributed by atoms with Crippen molar-refractivity contribution in [1.82, 2.24) is 5.32 Å². The van der Waals surface area contributed by atoms with Gasteiger partial charge in [0.2, 0.25) is 5.91 Å². The van der Waals surface area contributed by atoms with Gasteiger partial charge in [-0.1, -0.05) is 48.0 Å². The second-order valence-electron chi connectivity index (χ2n) is 8.94. The topological polar surface area (TPSA) is 134 Å². The number of hydrogen-bond acceptors (Lipinski definition) is 6. The largest absolute Gasteiger partial charge is 0.496 e. The van der Waals surface area contributed by atoms with Crippen LogP contribution in [-0.2, 0) is 9.59 Å². The highest BCUT2D eigenvalue weighted by atomic mass is 35.5. The third kappa shape index (κ3) is 8.71. The average Bonchev–Trinajstić information content (AvgIpc) is 3.01. The van der Waals surface area contributed by atoms with Gasteiger partial charge in [-0.05, 0) is 66.7 Å². The lowest BCUT2D eigenvalue weighted by atomic mass is 10.1. The molecule has 0 spiro atoms. The number of amides is 3. The highest BCUT2D eigenvalue weighted by molar-refractivity contribution is 8.00. The zero-order chi connectivity index (χ0) is 30.8. The van der Waals surface area contributed by atoms with E-state index in [4.69, 9.17) is 16.3 Å². The van der Waals surface area contributed by atoms with Crippen molar-refractivity contribution in [2.45, 2.75) is 4.90 Å². The summed E-state index contributed by atoms with van der Waals surface area (Å²) in [4.78, 5) is 50.6. The van der Waals surface area contributed by atoms with E-state index in [1.807, 2.05) is 0 Å². The molecule has 0 fully saturated rings. The number of hydrogen-bond donors (Lipinski definition) is 4. The summed E-state index contributed by atoms with van der Waals surface area (Å²) in [6.07, 6.45) is 1.54. The number of halogens is 1. The van der Waals surface area contributed by atoms with Gasteiger partial charge in [-0.3, -0.25) is 14.4 Å². The van der Waals surface area contributed by atoms with E-state index in [-0.39, 0.29) is 27.9 Å². The fraction of sp³-hybridized carbons (Fsp3) is 0.0625. The normalized spacial score (nSPS) is 10.9. The van der Waals surface area contributed by atoms with Crippen molar-refractivity contribution in [3.63, 3.8) is 0 Å². The maximum atomic E-state index is 13.3. The molecule has 0 heterocycles. The van der Waals surface area contributed by atoms with Gasteiger partial charge >= 0.3 is 5.97 Å². The van der Waals surface area contributed by atoms with Gasteiger partial charge in [0.1, 0.15) is 11.4 Å². The molecule has 9 nitrogen and oxygen atoms in total. The van der Waals surface area contributed by atoms with E-state index < -0.39 is 17.8 Å². The molecule has 0 bridgehead atoms. The monoisotopic (exact) mass is 615 g/mol. The minimum Gasteiger partial charge on any atom is -0.496 e. The van der Waals surface area contributed by atoms with Gasteiger partial charge in [0.25, 0.3) is 11.8 Å². The minimum atomic E-state index is -1.19. The van der Waals surface area contributed by atoms with E-state index in [1.165, 1.54) is 43.1 Å². The molecule has 4 N–H and O–H groups in total. The van der Waals surface area contributed by atoms with E-state index in [0.29, 0.717) is 28.3 Å². The Morgan fingerprint density at radius 2 is 1.53 bits per heavy atom. The molecule has 0 radical (unpaired) electrons. The summed E-state index contributed by atoms with van der Waals surface area (Å²) >= 11 is 7.13. The van der Waals surface area contributed by atoms with Crippen LogP contribution >= 0.6 is 23.4 Å². The summed E-state index contributed by atoms with van der Waals surface area (Å²) in [5, 5.41) is 17.4. The molecule has 218 valence electrons. The number of benzene rings is 4. The average molecular weight is 616 g/mol. The summed E-state index contributed by atoms with van der Waals surface area (Å²) < 4.78 is 5.39. The number of anilines is 2. The summed E-state index contributed by atoms with van der Waals surface area (Å²) in [6.45, 7) is 0. The van der Waals surface area contributed by atoms with E-state index in [2.05, 4.69) is 16.0 Å². The number of methoxy groups -OCH3 is 1. The summed E-state index contributed by atoms with van der Waals surface area (Å²) in [5.74, 6) is -1.91. The first kappa shape index (κ1) is 30.9. The molecule has 0 atom stereocenters. The highest BCUT2D eigenvalue weighted by Crippen LogP contribution is 2.24. The molecule has 11 heteroatoms. The number of carbonyl (C=O) groups is 4. The molecular formula is C32H26ClN3O6S.